The van der Waals surface area contributed by atoms with Crippen molar-refractivity contribution in [3.8, 4) is 0 Å². The van der Waals surface area contributed by atoms with Gasteiger partial charge >= 0.3 is 0 Å². The molecule has 2 aromatic heterocycles. The van der Waals surface area contributed by atoms with Crippen LogP contribution < -0.4 is 10.6 Å². The van der Waals surface area contributed by atoms with Crippen molar-refractivity contribution in [3.05, 3.63) is 35.8 Å². The fourth-order valence-corrected chi connectivity index (χ4v) is 1.48. The lowest BCUT2D eigenvalue weighted by Gasteiger charge is -2.03. The minimum absolute atomic E-state index is 0.238. The molecule has 2 aromatic rings. The van der Waals surface area contributed by atoms with Gasteiger partial charge in [0.2, 0.25) is 0 Å². The lowest BCUT2D eigenvalue weighted by Crippen LogP contribution is -2.13. The van der Waals surface area contributed by atoms with Crippen molar-refractivity contribution in [2.75, 3.05) is 17.7 Å². The first kappa shape index (κ1) is 12.1. The Labute approximate surface area is 105 Å². The van der Waals surface area contributed by atoms with Gasteiger partial charge in [-0.15, -0.1) is 0 Å². The van der Waals surface area contributed by atoms with E-state index in [0.717, 1.165) is 11.5 Å². The van der Waals surface area contributed by atoms with E-state index >= 15 is 0 Å². The molecule has 0 radical (unpaired) electrons. The molecule has 2 rings (SSSR count). The van der Waals surface area contributed by atoms with Gasteiger partial charge in [-0.05, 0) is 25.1 Å². The van der Waals surface area contributed by atoms with Gasteiger partial charge in [0.1, 0.15) is 5.82 Å². The van der Waals surface area contributed by atoms with Crippen molar-refractivity contribution in [2.24, 2.45) is 7.05 Å². The first-order chi connectivity index (χ1) is 8.60. The maximum Gasteiger partial charge on any atom is 0.276 e. The largest absolute Gasteiger partial charge is 0.373 e. The van der Waals surface area contributed by atoms with E-state index in [2.05, 4.69) is 20.7 Å². The van der Waals surface area contributed by atoms with Crippen LogP contribution in [0.5, 0.6) is 0 Å². The summed E-state index contributed by atoms with van der Waals surface area (Å²) in [4.78, 5) is 16.0. The van der Waals surface area contributed by atoms with Crippen LogP contribution >= 0.6 is 0 Å². The molecule has 2 heterocycles. The second kappa shape index (κ2) is 4.87. The summed E-state index contributed by atoms with van der Waals surface area (Å²) in [6, 6.07) is 5.32. The van der Waals surface area contributed by atoms with E-state index in [1.165, 1.54) is 0 Å². The molecule has 0 saturated carbocycles. The molecular formula is C12H15N5O. The van der Waals surface area contributed by atoms with Crippen molar-refractivity contribution in [1.82, 2.24) is 14.8 Å². The van der Waals surface area contributed by atoms with Crippen LogP contribution in [0.1, 0.15) is 16.2 Å². The fraction of sp³-hybridized carbons (Fsp3) is 0.250. The minimum atomic E-state index is -0.238. The van der Waals surface area contributed by atoms with Crippen LogP contribution in [-0.2, 0) is 7.05 Å². The monoisotopic (exact) mass is 245 g/mol. The number of pyridine rings is 1. The third-order valence-electron chi connectivity index (χ3n) is 2.62. The van der Waals surface area contributed by atoms with Gasteiger partial charge in [0.15, 0.2) is 5.69 Å². The maximum absolute atomic E-state index is 11.9. The summed E-state index contributed by atoms with van der Waals surface area (Å²) in [5.74, 6) is 0.513. The Bertz CT molecular complexity index is 539. The molecule has 0 aliphatic carbocycles. The van der Waals surface area contributed by atoms with Crippen LogP contribution in [-0.4, -0.2) is 27.7 Å². The van der Waals surface area contributed by atoms with Gasteiger partial charge in [-0.3, -0.25) is 9.48 Å². The van der Waals surface area contributed by atoms with E-state index in [1.807, 2.05) is 6.92 Å². The number of aromatic nitrogens is 3. The first-order valence-electron chi connectivity index (χ1n) is 5.56. The zero-order valence-corrected chi connectivity index (χ0v) is 10.6. The lowest BCUT2D eigenvalue weighted by molar-refractivity contribution is 0.102. The average Bonchev–Trinajstić information content (AvgIpc) is 2.71. The van der Waals surface area contributed by atoms with Crippen LogP contribution in [0.15, 0.2) is 24.4 Å². The van der Waals surface area contributed by atoms with Gasteiger partial charge in [0, 0.05) is 19.8 Å². The van der Waals surface area contributed by atoms with Crippen LogP contribution in [0.2, 0.25) is 0 Å². The summed E-state index contributed by atoms with van der Waals surface area (Å²) in [6.45, 7) is 1.90. The third-order valence-corrected chi connectivity index (χ3v) is 2.62. The van der Waals surface area contributed by atoms with Crippen LogP contribution in [0, 0.1) is 6.92 Å². The molecule has 0 saturated heterocycles. The summed E-state index contributed by atoms with van der Waals surface area (Å²) >= 11 is 0. The Morgan fingerprint density at radius 1 is 1.39 bits per heavy atom. The van der Waals surface area contributed by atoms with Crippen LogP contribution in [0.25, 0.3) is 0 Å². The third kappa shape index (κ3) is 2.48. The highest BCUT2D eigenvalue weighted by molar-refractivity contribution is 6.02. The number of nitrogens with one attached hydrogen (secondary N) is 2. The number of nitrogens with zero attached hydrogens (tertiary/aromatic N) is 3. The smallest absolute Gasteiger partial charge is 0.276 e. The number of hydrogen-bond acceptors (Lipinski definition) is 4. The standard InChI is InChI=1S/C12H15N5O/c1-8-6-10(16-17(8)3)12(18)15-9-4-5-11(13-2)14-7-9/h4-7H,1-3H3,(H,13,14)(H,15,18). The van der Waals surface area contributed by atoms with E-state index < -0.39 is 0 Å². The van der Waals surface area contributed by atoms with Crippen molar-refractivity contribution < 1.29 is 4.79 Å². The quantitative estimate of drug-likeness (QED) is 0.857. The Morgan fingerprint density at radius 3 is 2.67 bits per heavy atom. The van der Waals surface area contributed by atoms with E-state index in [1.54, 1.807) is 43.2 Å². The van der Waals surface area contributed by atoms with E-state index in [9.17, 15) is 4.79 Å². The molecule has 0 bridgehead atoms. The summed E-state index contributed by atoms with van der Waals surface area (Å²) in [5.41, 5.74) is 1.97. The molecule has 0 atom stereocenters. The van der Waals surface area contributed by atoms with Gasteiger partial charge in [-0.1, -0.05) is 0 Å². The highest BCUT2D eigenvalue weighted by Crippen LogP contribution is 2.11. The molecule has 6 heteroatoms. The molecule has 0 unspecified atom stereocenters. The van der Waals surface area contributed by atoms with Crippen LogP contribution in [0.3, 0.4) is 0 Å². The second-order valence-corrected chi connectivity index (χ2v) is 3.93. The van der Waals surface area contributed by atoms with Gasteiger partial charge in [0.25, 0.3) is 5.91 Å². The molecule has 0 aliphatic heterocycles. The normalized spacial score (nSPS) is 10.2. The fourth-order valence-electron chi connectivity index (χ4n) is 1.48. The molecule has 94 valence electrons. The molecule has 6 nitrogen and oxygen atoms in total. The predicted octanol–water partition coefficient (Wildman–Crippen LogP) is 1.42. The molecular weight excluding hydrogens is 230 g/mol. The van der Waals surface area contributed by atoms with Crippen molar-refractivity contribution >= 4 is 17.4 Å². The number of carbonyl (C=O) groups excluding carboxylic acids is 1. The molecule has 2 N–H and O–H groups in total. The number of amides is 1. The molecule has 0 fully saturated rings. The van der Waals surface area contributed by atoms with Crippen molar-refractivity contribution in [2.45, 2.75) is 6.92 Å². The second-order valence-electron chi connectivity index (χ2n) is 3.93. The zero-order valence-electron chi connectivity index (χ0n) is 10.6. The summed E-state index contributed by atoms with van der Waals surface area (Å²) in [7, 11) is 3.59. The van der Waals surface area contributed by atoms with Crippen LogP contribution in [0.4, 0.5) is 11.5 Å². The van der Waals surface area contributed by atoms with E-state index in [4.69, 9.17) is 0 Å². The number of rotatable bonds is 3. The molecule has 0 aromatic carbocycles. The Morgan fingerprint density at radius 2 is 2.17 bits per heavy atom. The Balaban J connectivity index is 2.10. The lowest BCUT2D eigenvalue weighted by atomic mass is 10.3. The Hall–Kier alpha value is -2.37. The summed E-state index contributed by atoms with van der Waals surface area (Å²) in [6.07, 6.45) is 1.60. The Kier molecular flexibility index (Phi) is 3.27. The number of anilines is 2. The summed E-state index contributed by atoms with van der Waals surface area (Å²) < 4.78 is 1.66. The zero-order chi connectivity index (χ0) is 13.1. The van der Waals surface area contributed by atoms with Gasteiger partial charge in [-0.2, -0.15) is 5.10 Å². The molecule has 0 spiro atoms. The first-order valence-corrected chi connectivity index (χ1v) is 5.56. The SMILES string of the molecule is CNc1ccc(NC(=O)c2cc(C)n(C)n2)cn1. The van der Waals surface area contributed by atoms with Crippen molar-refractivity contribution in [3.63, 3.8) is 0 Å². The van der Waals surface area contributed by atoms with E-state index in [-0.39, 0.29) is 5.91 Å². The molecule has 18 heavy (non-hydrogen) atoms. The number of aryl methyl sites for hydroxylation is 2. The maximum atomic E-state index is 11.9. The van der Waals surface area contributed by atoms with Crippen molar-refractivity contribution in [1.29, 1.82) is 0 Å². The highest BCUT2D eigenvalue weighted by Gasteiger charge is 2.11. The minimum Gasteiger partial charge on any atom is -0.373 e. The molecule has 1 amide bonds. The molecule has 0 aliphatic rings. The summed E-state index contributed by atoms with van der Waals surface area (Å²) in [5, 5.41) is 9.77. The van der Waals surface area contributed by atoms with E-state index in [0.29, 0.717) is 11.4 Å². The number of carbonyl (C=O) groups is 1. The van der Waals surface area contributed by atoms with Gasteiger partial charge in [-0.25, -0.2) is 4.98 Å². The number of hydrogen-bond donors (Lipinski definition) is 2. The average molecular weight is 245 g/mol. The highest BCUT2D eigenvalue weighted by atomic mass is 16.1. The predicted molar refractivity (Wildman–Crippen MR) is 69.7 cm³/mol. The topological polar surface area (TPSA) is 71.8 Å². The van der Waals surface area contributed by atoms with Gasteiger partial charge < -0.3 is 10.6 Å². The van der Waals surface area contributed by atoms with Gasteiger partial charge in [0.05, 0.1) is 11.9 Å².